The van der Waals surface area contributed by atoms with Crippen LogP contribution in [0.1, 0.15) is 37.7 Å². The van der Waals surface area contributed by atoms with E-state index in [1.807, 2.05) is 59.5 Å². The number of carbonyl (C=O) groups is 1. The molecule has 0 aromatic heterocycles. The molecule has 0 atom stereocenters. The van der Waals surface area contributed by atoms with E-state index in [1.54, 1.807) is 0 Å². The lowest BCUT2D eigenvalue weighted by Crippen LogP contribution is -2.40. The van der Waals surface area contributed by atoms with Crippen molar-refractivity contribution in [3.05, 3.63) is 59.0 Å². The predicted molar refractivity (Wildman–Crippen MR) is 120 cm³/mol. The van der Waals surface area contributed by atoms with Crippen molar-refractivity contribution in [1.29, 1.82) is 0 Å². The van der Waals surface area contributed by atoms with Gasteiger partial charge in [0.25, 0.3) is 5.91 Å². The maximum absolute atomic E-state index is 13.4. The van der Waals surface area contributed by atoms with E-state index in [0.717, 1.165) is 40.8 Å². The number of fused-ring (bicyclic) bond motifs is 1. The number of carbonyl (C=O) groups excluding carboxylic acids is 1. The third-order valence-corrected chi connectivity index (χ3v) is 6.60. The molecule has 2 aromatic carbocycles. The van der Waals surface area contributed by atoms with E-state index in [-0.39, 0.29) is 11.9 Å². The van der Waals surface area contributed by atoms with Gasteiger partial charge in [-0.3, -0.25) is 9.69 Å². The van der Waals surface area contributed by atoms with Gasteiger partial charge in [-0.25, -0.2) is 4.99 Å². The van der Waals surface area contributed by atoms with Crippen molar-refractivity contribution in [3.8, 4) is 11.5 Å². The Morgan fingerprint density at radius 3 is 2.53 bits per heavy atom. The Morgan fingerprint density at radius 1 is 0.967 bits per heavy atom. The van der Waals surface area contributed by atoms with Crippen LogP contribution in [0.2, 0.25) is 0 Å². The molecular weight excluding hydrogens is 396 g/mol. The van der Waals surface area contributed by atoms with Crippen molar-refractivity contribution >= 4 is 34.6 Å². The highest BCUT2D eigenvalue weighted by molar-refractivity contribution is 8.18. The van der Waals surface area contributed by atoms with Crippen molar-refractivity contribution in [3.63, 3.8) is 0 Å². The van der Waals surface area contributed by atoms with Crippen molar-refractivity contribution < 1.29 is 14.3 Å². The molecule has 2 aliphatic heterocycles. The van der Waals surface area contributed by atoms with Gasteiger partial charge in [-0.2, -0.15) is 0 Å². The van der Waals surface area contributed by atoms with Crippen LogP contribution in [0.3, 0.4) is 0 Å². The summed E-state index contributed by atoms with van der Waals surface area (Å²) >= 11 is 1.46. The van der Waals surface area contributed by atoms with Crippen molar-refractivity contribution in [1.82, 2.24) is 4.90 Å². The second-order valence-corrected chi connectivity index (χ2v) is 8.72. The van der Waals surface area contributed by atoms with Crippen LogP contribution >= 0.6 is 11.8 Å². The van der Waals surface area contributed by atoms with Gasteiger partial charge in [0.15, 0.2) is 16.7 Å². The Morgan fingerprint density at radius 2 is 1.73 bits per heavy atom. The van der Waals surface area contributed by atoms with Gasteiger partial charge in [-0.1, -0.05) is 43.5 Å². The monoisotopic (exact) mass is 420 g/mol. The van der Waals surface area contributed by atoms with Crippen LogP contribution in [-0.2, 0) is 4.79 Å². The maximum atomic E-state index is 13.4. The van der Waals surface area contributed by atoms with Crippen LogP contribution in [0.25, 0.3) is 6.08 Å². The number of nitrogens with zero attached hydrogens (tertiary/aromatic N) is 2. The van der Waals surface area contributed by atoms with E-state index in [9.17, 15) is 4.79 Å². The first kappa shape index (κ1) is 19.2. The molecule has 1 saturated heterocycles. The van der Waals surface area contributed by atoms with Crippen LogP contribution in [0.5, 0.6) is 11.5 Å². The lowest BCUT2D eigenvalue weighted by Gasteiger charge is -2.30. The fourth-order valence-electron chi connectivity index (χ4n) is 4.14. The van der Waals surface area contributed by atoms with Crippen LogP contribution < -0.4 is 9.47 Å². The second-order valence-electron chi connectivity index (χ2n) is 7.71. The molecule has 1 amide bonds. The average Bonchev–Trinajstić information content (AvgIpc) is 3.09. The number of aliphatic imine (C=N–C) groups is 1. The summed E-state index contributed by atoms with van der Waals surface area (Å²) in [6, 6.07) is 15.9. The minimum absolute atomic E-state index is 0.0523. The Kier molecular flexibility index (Phi) is 5.49. The number of thioether (sulfide) groups is 1. The zero-order valence-electron chi connectivity index (χ0n) is 16.8. The fraction of sp³-hybridized carbons (Fsp3) is 0.333. The third-order valence-electron chi connectivity index (χ3n) is 5.62. The van der Waals surface area contributed by atoms with E-state index in [1.165, 1.54) is 31.0 Å². The first-order valence-corrected chi connectivity index (χ1v) is 11.4. The van der Waals surface area contributed by atoms with Gasteiger partial charge in [0.2, 0.25) is 0 Å². The largest absolute Gasteiger partial charge is 0.486 e. The molecule has 5 nitrogen and oxygen atoms in total. The third kappa shape index (κ3) is 3.97. The molecular formula is C24H24N2O3S. The number of para-hydroxylation sites is 1. The Labute approximate surface area is 180 Å². The van der Waals surface area contributed by atoms with Gasteiger partial charge in [-0.05, 0) is 60.5 Å². The summed E-state index contributed by atoms with van der Waals surface area (Å²) < 4.78 is 11.3. The van der Waals surface area contributed by atoms with Gasteiger partial charge in [0.1, 0.15) is 13.2 Å². The number of hydrogen-bond donors (Lipinski definition) is 0. The van der Waals surface area contributed by atoms with Crippen molar-refractivity contribution in [2.75, 3.05) is 13.2 Å². The lowest BCUT2D eigenvalue weighted by molar-refractivity contribution is -0.124. The maximum Gasteiger partial charge on any atom is 0.267 e. The van der Waals surface area contributed by atoms with E-state index >= 15 is 0 Å². The number of amidine groups is 1. The van der Waals surface area contributed by atoms with Crippen LogP contribution in [0, 0.1) is 0 Å². The smallest absolute Gasteiger partial charge is 0.267 e. The zero-order valence-corrected chi connectivity index (χ0v) is 17.6. The minimum Gasteiger partial charge on any atom is -0.486 e. The Bertz CT molecular complexity index is 997. The van der Waals surface area contributed by atoms with Crippen LogP contribution in [0.4, 0.5) is 5.69 Å². The molecule has 2 aromatic rings. The number of benzene rings is 2. The highest BCUT2D eigenvalue weighted by atomic mass is 32.2. The zero-order chi connectivity index (χ0) is 20.3. The molecule has 0 N–H and O–H groups in total. The van der Waals surface area contributed by atoms with E-state index < -0.39 is 0 Å². The topological polar surface area (TPSA) is 51.1 Å². The fourth-order valence-corrected chi connectivity index (χ4v) is 5.20. The molecule has 0 spiro atoms. The first-order valence-electron chi connectivity index (χ1n) is 10.5. The Balaban J connectivity index is 1.48. The first-order chi connectivity index (χ1) is 14.8. The second kappa shape index (κ2) is 8.56. The molecule has 2 fully saturated rings. The summed E-state index contributed by atoms with van der Waals surface area (Å²) in [4.78, 5) is 20.9. The number of ether oxygens (including phenoxy) is 2. The number of hydrogen-bond acceptors (Lipinski definition) is 5. The van der Waals surface area contributed by atoms with Gasteiger partial charge >= 0.3 is 0 Å². The summed E-state index contributed by atoms with van der Waals surface area (Å²) in [6.45, 7) is 1.11. The number of amides is 1. The van der Waals surface area contributed by atoms with E-state index in [4.69, 9.17) is 14.5 Å². The molecule has 6 heteroatoms. The number of rotatable bonds is 3. The Hall–Kier alpha value is -2.73. The van der Waals surface area contributed by atoms with E-state index in [2.05, 4.69) is 0 Å². The minimum atomic E-state index is 0.0523. The van der Waals surface area contributed by atoms with Gasteiger partial charge < -0.3 is 9.47 Å². The summed E-state index contributed by atoms with van der Waals surface area (Å²) in [7, 11) is 0. The van der Waals surface area contributed by atoms with Gasteiger partial charge in [0.05, 0.1) is 10.6 Å². The molecule has 1 aliphatic carbocycles. The molecule has 0 bridgehead atoms. The summed E-state index contributed by atoms with van der Waals surface area (Å²) in [5.74, 6) is 1.54. The van der Waals surface area contributed by atoms with Crippen LogP contribution in [0.15, 0.2) is 58.4 Å². The van der Waals surface area contributed by atoms with Crippen molar-refractivity contribution in [2.45, 2.75) is 38.1 Å². The van der Waals surface area contributed by atoms with Gasteiger partial charge in [0, 0.05) is 6.04 Å². The highest BCUT2D eigenvalue weighted by Crippen LogP contribution is 2.39. The van der Waals surface area contributed by atoms with Crippen LogP contribution in [-0.4, -0.2) is 35.2 Å². The molecule has 1 saturated carbocycles. The summed E-state index contributed by atoms with van der Waals surface area (Å²) in [6.07, 6.45) is 7.60. The normalized spacial score (nSPS) is 22.1. The molecule has 0 radical (unpaired) electrons. The molecule has 30 heavy (non-hydrogen) atoms. The SMILES string of the molecule is O=C1C(=Cc2ccc3c(c2)OCCO3)SC(=Nc2ccccc2)N1C1CCCCC1. The standard InChI is InChI=1S/C24H24N2O3S/c27-23-22(16-17-11-12-20-21(15-17)29-14-13-28-20)30-24(25-18-7-3-1-4-8-18)26(23)19-9-5-2-6-10-19/h1,3-4,7-8,11-12,15-16,19H,2,5-6,9-10,13-14H2. The average molecular weight is 421 g/mol. The summed E-state index contributed by atoms with van der Waals surface area (Å²) in [5, 5.41) is 0.780. The molecule has 3 aliphatic rings. The molecule has 2 heterocycles. The lowest BCUT2D eigenvalue weighted by atomic mass is 9.94. The predicted octanol–water partition coefficient (Wildman–Crippen LogP) is 5.39. The van der Waals surface area contributed by atoms with Gasteiger partial charge in [-0.15, -0.1) is 0 Å². The quantitative estimate of drug-likeness (QED) is 0.625. The summed E-state index contributed by atoms with van der Waals surface area (Å²) in [5.41, 5.74) is 1.80. The molecule has 154 valence electrons. The molecule has 5 rings (SSSR count). The van der Waals surface area contributed by atoms with Crippen molar-refractivity contribution in [2.24, 2.45) is 4.99 Å². The highest BCUT2D eigenvalue weighted by Gasteiger charge is 2.38. The van der Waals surface area contributed by atoms with E-state index in [0.29, 0.717) is 18.1 Å². The molecule has 0 unspecified atom stereocenters.